The summed E-state index contributed by atoms with van der Waals surface area (Å²) >= 11 is 0. The number of benzene rings is 1. The molecule has 0 saturated heterocycles. The van der Waals surface area contributed by atoms with Crippen LogP contribution in [0.4, 0.5) is 11.6 Å². The molecule has 0 aliphatic carbocycles. The van der Waals surface area contributed by atoms with Crippen molar-refractivity contribution >= 4 is 11.6 Å². The Morgan fingerprint density at radius 3 is 2.40 bits per heavy atom. The molecule has 0 fully saturated rings. The Balaban J connectivity index is 2.23. The van der Waals surface area contributed by atoms with Crippen LogP contribution in [-0.4, -0.2) is 17.1 Å². The van der Waals surface area contributed by atoms with Gasteiger partial charge in [0.2, 0.25) is 5.75 Å². The first-order valence-corrected chi connectivity index (χ1v) is 6.34. The molecular formula is C14H19N5O. The molecular weight excluding hydrogens is 254 g/mol. The van der Waals surface area contributed by atoms with Crippen LogP contribution in [0.25, 0.3) is 0 Å². The molecule has 20 heavy (non-hydrogen) atoms. The lowest BCUT2D eigenvalue weighted by atomic mass is 10.1. The van der Waals surface area contributed by atoms with Crippen molar-refractivity contribution in [3.8, 4) is 5.75 Å². The zero-order valence-corrected chi connectivity index (χ0v) is 11.8. The second kappa shape index (κ2) is 6.21. The number of nitrogen functional groups attached to an aromatic ring is 1. The van der Waals surface area contributed by atoms with Crippen LogP contribution >= 0.6 is 0 Å². The lowest BCUT2D eigenvalue weighted by Gasteiger charge is -2.18. The van der Waals surface area contributed by atoms with Gasteiger partial charge in [-0.25, -0.2) is 15.8 Å². The summed E-state index contributed by atoms with van der Waals surface area (Å²) in [5.41, 5.74) is 4.89. The van der Waals surface area contributed by atoms with Gasteiger partial charge in [0.05, 0.1) is 13.2 Å². The van der Waals surface area contributed by atoms with Crippen molar-refractivity contribution in [2.45, 2.75) is 19.9 Å². The molecule has 0 aliphatic rings. The van der Waals surface area contributed by atoms with Crippen molar-refractivity contribution in [1.29, 1.82) is 0 Å². The van der Waals surface area contributed by atoms with Crippen LogP contribution in [0, 0.1) is 6.92 Å². The molecule has 1 unspecified atom stereocenters. The van der Waals surface area contributed by atoms with Crippen LogP contribution < -0.4 is 21.3 Å². The van der Waals surface area contributed by atoms with Gasteiger partial charge in [0.15, 0.2) is 11.6 Å². The number of nitrogens with one attached hydrogen (secondary N) is 2. The number of hydrazine groups is 1. The van der Waals surface area contributed by atoms with E-state index in [1.165, 1.54) is 17.5 Å². The van der Waals surface area contributed by atoms with Gasteiger partial charge in [0.25, 0.3) is 0 Å². The summed E-state index contributed by atoms with van der Waals surface area (Å²) in [6, 6.07) is 8.42. The van der Waals surface area contributed by atoms with Crippen molar-refractivity contribution in [2.75, 3.05) is 17.9 Å². The van der Waals surface area contributed by atoms with Crippen molar-refractivity contribution in [1.82, 2.24) is 9.97 Å². The van der Waals surface area contributed by atoms with Crippen LogP contribution in [0.5, 0.6) is 5.75 Å². The molecule has 0 bridgehead atoms. The Morgan fingerprint density at radius 2 is 1.80 bits per heavy atom. The van der Waals surface area contributed by atoms with Gasteiger partial charge >= 0.3 is 0 Å². The van der Waals surface area contributed by atoms with Crippen molar-refractivity contribution in [3.63, 3.8) is 0 Å². The van der Waals surface area contributed by atoms with Gasteiger partial charge in [-0.1, -0.05) is 29.8 Å². The molecule has 6 heteroatoms. The Bertz CT molecular complexity index is 570. The summed E-state index contributed by atoms with van der Waals surface area (Å²) in [6.07, 6.45) is 1.43. The zero-order valence-electron chi connectivity index (χ0n) is 11.8. The van der Waals surface area contributed by atoms with Gasteiger partial charge in [-0.05, 0) is 19.4 Å². The molecule has 4 N–H and O–H groups in total. The summed E-state index contributed by atoms with van der Waals surface area (Å²) in [4.78, 5) is 8.21. The maximum absolute atomic E-state index is 5.41. The van der Waals surface area contributed by atoms with E-state index in [1.54, 1.807) is 7.11 Å². The molecule has 6 nitrogen and oxygen atoms in total. The highest BCUT2D eigenvalue weighted by Crippen LogP contribution is 2.30. The van der Waals surface area contributed by atoms with E-state index in [1.807, 2.05) is 0 Å². The third kappa shape index (κ3) is 2.97. The first-order chi connectivity index (χ1) is 9.65. The Labute approximate surface area is 118 Å². The molecule has 0 saturated carbocycles. The molecule has 0 amide bonds. The van der Waals surface area contributed by atoms with Gasteiger partial charge in [-0.15, -0.1) is 0 Å². The Hall–Kier alpha value is -2.34. The van der Waals surface area contributed by atoms with Gasteiger partial charge in [0, 0.05) is 0 Å². The molecule has 2 rings (SSSR count). The van der Waals surface area contributed by atoms with Crippen molar-refractivity contribution in [2.24, 2.45) is 5.84 Å². The molecule has 106 valence electrons. The molecule has 1 aromatic carbocycles. The highest BCUT2D eigenvalue weighted by molar-refractivity contribution is 5.63. The number of aromatic nitrogens is 2. The van der Waals surface area contributed by atoms with E-state index in [9.17, 15) is 0 Å². The Morgan fingerprint density at radius 1 is 1.15 bits per heavy atom. The number of aryl methyl sites for hydroxylation is 1. The van der Waals surface area contributed by atoms with E-state index < -0.39 is 0 Å². The molecule has 1 atom stereocenters. The lowest BCUT2D eigenvalue weighted by Crippen LogP contribution is -2.14. The number of hydrogen-bond donors (Lipinski definition) is 3. The average molecular weight is 273 g/mol. The fraction of sp³-hybridized carbons (Fsp3) is 0.286. The zero-order chi connectivity index (χ0) is 14.5. The second-order valence-electron chi connectivity index (χ2n) is 4.53. The third-order valence-electron chi connectivity index (χ3n) is 3.08. The summed E-state index contributed by atoms with van der Waals surface area (Å²) in [5.74, 6) is 6.95. The molecule has 2 aromatic rings. The molecule has 0 radical (unpaired) electrons. The number of rotatable bonds is 5. The van der Waals surface area contributed by atoms with E-state index in [0.29, 0.717) is 17.4 Å². The van der Waals surface area contributed by atoms with E-state index >= 15 is 0 Å². The van der Waals surface area contributed by atoms with Crippen LogP contribution in [-0.2, 0) is 0 Å². The van der Waals surface area contributed by atoms with Crippen molar-refractivity contribution in [3.05, 3.63) is 41.7 Å². The molecule has 1 aromatic heterocycles. The summed E-state index contributed by atoms with van der Waals surface area (Å²) < 4.78 is 5.29. The van der Waals surface area contributed by atoms with E-state index in [2.05, 4.69) is 58.8 Å². The van der Waals surface area contributed by atoms with E-state index in [0.717, 1.165) is 0 Å². The minimum atomic E-state index is 0.0880. The normalized spacial score (nSPS) is 11.8. The fourth-order valence-corrected chi connectivity index (χ4v) is 1.92. The monoisotopic (exact) mass is 273 g/mol. The minimum Gasteiger partial charge on any atom is -0.490 e. The summed E-state index contributed by atoms with van der Waals surface area (Å²) in [7, 11) is 1.56. The molecule has 0 aliphatic heterocycles. The topological polar surface area (TPSA) is 85.1 Å². The van der Waals surface area contributed by atoms with Crippen LogP contribution in [0.1, 0.15) is 24.1 Å². The summed E-state index contributed by atoms with van der Waals surface area (Å²) in [5, 5.41) is 3.30. The van der Waals surface area contributed by atoms with E-state index in [-0.39, 0.29) is 6.04 Å². The highest BCUT2D eigenvalue weighted by Gasteiger charge is 2.14. The van der Waals surface area contributed by atoms with Crippen molar-refractivity contribution < 1.29 is 4.74 Å². The number of methoxy groups -OCH3 is 1. The number of hydrogen-bond acceptors (Lipinski definition) is 6. The highest BCUT2D eigenvalue weighted by atomic mass is 16.5. The lowest BCUT2D eigenvalue weighted by molar-refractivity contribution is 0.414. The van der Waals surface area contributed by atoms with Crippen LogP contribution in [0.2, 0.25) is 0 Å². The minimum absolute atomic E-state index is 0.0880. The average Bonchev–Trinajstić information content (AvgIpc) is 2.47. The van der Waals surface area contributed by atoms with Gasteiger partial charge < -0.3 is 15.5 Å². The molecule has 1 heterocycles. The Kier molecular flexibility index (Phi) is 4.37. The predicted molar refractivity (Wildman–Crippen MR) is 79.6 cm³/mol. The van der Waals surface area contributed by atoms with Gasteiger partial charge in [0.1, 0.15) is 6.33 Å². The smallest absolute Gasteiger partial charge is 0.205 e. The first kappa shape index (κ1) is 14.1. The third-order valence-corrected chi connectivity index (χ3v) is 3.08. The number of ether oxygens (including phenoxy) is 1. The number of nitrogens with two attached hydrogens (primary N) is 1. The SMILES string of the molecule is COc1c(NN)ncnc1NC(C)c1ccc(C)cc1. The standard InChI is InChI=1S/C14H19N5O/c1-9-4-6-11(7-5-9)10(2)18-13-12(20-3)14(19-15)17-8-16-13/h4-8,10H,15H2,1-3H3,(H2,16,17,18,19). The fourth-order valence-electron chi connectivity index (χ4n) is 1.92. The quantitative estimate of drug-likeness (QED) is 0.572. The van der Waals surface area contributed by atoms with Crippen LogP contribution in [0.15, 0.2) is 30.6 Å². The summed E-state index contributed by atoms with van der Waals surface area (Å²) in [6.45, 7) is 4.12. The molecule has 0 spiro atoms. The van der Waals surface area contributed by atoms with E-state index in [4.69, 9.17) is 10.6 Å². The largest absolute Gasteiger partial charge is 0.490 e. The maximum Gasteiger partial charge on any atom is 0.205 e. The van der Waals surface area contributed by atoms with Gasteiger partial charge in [-0.2, -0.15) is 0 Å². The first-order valence-electron chi connectivity index (χ1n) is 6.34. The number of nitrogens with zero attached hydrogens (tertiary/aromatic N) is 2. The van der Waals surface area contributed by atoms with Crippen LogP contribution in [0.3, 0.4) is 0 Å². The number of anilines is 2. The maximum atomic E-state index is 5.41. The van der Waals surface area contributed by atoms with Gasteiger partial charge in [-0.3, -0.25) is 0 Å². The second-order valence-corrected chi connectivity index (χ2v) is 4.53. The predicted octanol–water partition coefficient (Wildman–Crippen LogP) is 2.25.